The maximum Gasteiger partial charge on any atom is 0.331 e. The normalized spacial score (nSPS) is 12.0. The van der Waals surface area contributed by atoms with E-state index in [2.05, 4.69) is 21.2 Å². The molecule has 0 bridgehead atoms. The Morgan fingerprint density at radius 3 is 2.68 bits per heavy atom. The molecule has 2 aromatic rings. The molecule has 0 fully saturated rings. The van der Waals surface area contributed by atoms with Crippen LogP contribution in [0.5, 0.6) is 0 Å². The minimum Gasteiger partial charge on any atom is -0.452 e. The van der Waals surface area contributed by atoms with E-state index in [4.69, 9.17) is 4.74 Å². The van der Waals surface area contributed by atoms with Gasteiger partial charge in [-0.25, -0.2) is 9.18 Å². The molecule has 130 valence electrons. The quantitative estimate of drug-likeness (QED) is 0.583. The van der Waals surface area contributed by atoms with E-state index in [0.29, 0.717) is 4.47 Å². The summed E-state index contributed by atoms with van der Waals surface area (Å²) >= 11 is 3.23. The van der Waals surface area contributed by atoms with Crippen LogP contribution in [0.2, 0.25) is 0 Å². The zero-order valence-corrected chi connectivity index (χ0v) is 15.1. The Labute approximate surface area is 153 Å². The highest BCUT2D eigenvalue weighted by Gasteiger charge is 2.10. The molecule has 2 aromatic carbocycles. The lowest BCUT2D eigenvalue weighted by atomic mass is 10.1. The van der Waals surface area contributed by atoms with Crippen LogP contribution >= 0.6 is 15.9 Å². The minimum atomic E-state index is -0.720. The van der Waals surface area contributed by atoms with Gasteiger partial charge in [0.15, 0.2) is 6.61 Å². The summed E-state index contributed by atoms with van der Waals surface area (Å²) in [6.45, 7) is 1.44. The van der Waals surface area contributed by atoms with Crippen molar-refractivity contribution in [2.75, 3.05) is 6.61 Å². The highest BCUT2D eigenvalue weighted by molar-refractivity contribution is 9.10. The Hall–Kier alpha value is -2.47. The molecule has 2 rings (SSSR count). The SMILES string of the molecule is C[C@@H](NC(=O)COC(=O)/C=C/c1cc(Br)ccc1F)c1ccccc1. The summed E-state index contributed by atoms with van der Waals surface area (Å²) < 4.78 is 19.1. The predicted molar refractivity (Wildman–Crippen MR) is 97.1 cm³/mol. The maximum atomic E-state index is 13.6. The van der Waals surface area contributed by atoms with Gasteiger partial charge in [-0.2, -0.15) is 0 Å². The molecule has 0 aliphatic rings. The Morgan fingerprint density at radius 2 is 1.96 bits per heavy atom. The maximum absolute atomic E-state index is 13.6. The van der Waals surface area contributed by atoms with Crippen LogP contribution in [0.4, 0.5) is 4.39 Å². The topological polar surface area (TPSA) is 55.4 Å². The lowest BCUT2D eigenvalue weighted by Crippen LogP contribution is -2.30. The Morgan fingerprint density at radius 1 is 1.24 bits per heavy atom. The summed E-state index contributed by atoms with van der Waals surface area (Å²) in [7, 11) is 0. The van der Waals surface area contributed by atoms with Crippen LogP contribution < -0.4 is 5.32 Å². The average molecular weight is 406 g/mol. The molecule has 0 radical (unpaired) electrons. The van der Waals surface area contributed by atoms with Crippen molar-refractivity contribution in [2.24, 2.45) is 0 Å². The molecule has 0 spiro atoms. The number of nitrogens with one attached hydrogen (secondary N) is 1. The van der Waals surface area contributed by atoms with Gasteiger partial charge in [0.25, 0.3) is 5.91 Å². The van der Waals surface area contributed by atoms with Crippen LogP contribution in [-0.2, 0) is 14.3 Å². The van der Waals surface area contributed by atoms with Crippen molar-refractivity contribution in [3.63, 3.8) is 0 Å². The first-order valence-electron chi connectivity index (χ1n) is 7.60. The Bertz CT molecular complexity index is 777. The number of benzene rings is 2. The first-order chi connectivity index (χ1) is 12.0. The Balaban J connectivity index is 1.82. The third kappa shape index (κ3) is 6.15. The van der Waals surface area contributed by atoms with E-state index in [1.54, 1.807) is 6.07 Å². The van der Waals surface area contributed by atoms with Gasteiger partial charge in [-0.05, 0) is 36.8 Å². The fourth-order valence-electron chi connectivity index (χ4n) is 2.09. The standard InChI is InChI=1S/C19H17BrFNO3/c1-13(14-5-3-2-4-6-14)22-18(23)12-25-19(24)10-7-15-11-16(20)8-9-17(15)21/h2-11,13H,12H2,1H3,(H,22,23)/b10-7+/t13-/m1/s1. The smallest absolute Gasteiger partial charge is 0.331 e. The zero-order chi connectivity index (χ0) is 18.2. The fourth-order valence-corrected chi connectivity index (χ4v) is 2.47. The fraction of sp³-hybridized carbons (Fsp3) is 0.158. The lowest BCUT2D eigenvalue weighted by Gasteiger charge is -2.13. The van der Waals surface area contributed by atoms with Crippen LogP contribution in [0, 0.1) is 5.82 Å². The predicted octanol–water partition coefficient (Wildman–Crippen LogP) is 4.02. The molecule has 1 atom stereocenters. The van der Waals surface area contributed by atoms with Gasteiger partial charge in [-0.1, -0.05) is 46.3 Å². The third-order valence-electron chi connectivity index (χ3n) is 3.38. The molecule has 4 nitrogen and oxygen atoms in total. The van der Waals surface area contributed by atoms with Crippen molar-refractivity contribution < 1.29 is 18.7 Å². The number of carbonyl (C=O) groups excluding carboxylic acids is 2. The summed E-state index contributed by atoms with van der Waals surface area (Å²) in [5, 5.41) is 2.74. The number of rotatable bonds is 6. The van der Waals surface area contributed by atoms with E-state index >= 15 is 0 Å². The molecule has 0 saturated heterocycles. The van der Waals surface area contributed by atoms with Crippen LogP contribution in [0.25, 0.3) is 6.08 Å². The summed E-state index contributed by atoms with van der Waals surface area (Å²) in [4.78, 5) is 23.5. The van der Waals surface area contributed by atoms with Crippen molar-refractivity contribution >= 4 is 33.9 Å². The highest BCUT2D eigenvalue weighted by Crippen LogP contribution is 2.16. The number of amides is 1. The van der Waals surface area contributed by atoms with Gasteiger partial charge < -0.3 is 10.1 Å². The van der Waals surface area contributed by atoms with Crippen molar-refractivity contribution in [1.82, 2.24) is 5.32 Å². The van der Waals surface area contributed by atoms with E-state index < -0.39 is 24.3 Å². The van der Waals surface area contributed by atoms with E-state index in [-0.39, 0.29) is 11.6 Å². The number of halogens is 2. The molecule has 25 heavy (non-hydrogen) atoms. The van der Waals surface area contributed by atoms with Gasteiger partial charge in [-0.15, -0.1) is 0 Å². The number of hydrogen-bond acceptors (Lipinski definition) is 3. The summed E-state index contributed by atoms with van der Waals surface area (Å²) in [5.41, 5.74) is 1.20. The largest absolute Gasteiger partial charge is 0.452 e. The summed E-state index contributed by atoms with van der Waals surface area (Å²) in [6.07, 6.45) is 2.38. The molecule has 0 aliphatic heterocycles. The van der Waals surface area contributed by atoms with Crippen LogP contribution in [0.15, 0.2) is 59.1 Å². The number of carbonyl (C=O) groups is 2. The minimum absolute atomic E-state index is 0.196. The van der Waals surface area contributed by atoms with Crippen LogP contribution in [-0.4, -0.2) is 18.5 Å². The second kappa shape index (κ2) is 9.13. The first-order valence-corrected chi connectivity index (χ1v) is 8.39. The van der Waals surface area contributed by atoms with Gasteiger partial charge in [0.2, 0.25) is 0 Å². The molecule has 6 heteroatoms. The molecule has 0 aromatic heterocycles. The molecule has 1 amide bonds. The lowest BCUT2D eigenvalue weighted by molar-refractivity contribution is -0.144. The second-order valence-electron chi connectivity index (χ2n) is 5.31. The molecule has 0 aliphatic carbocycles. The van der Waals surface area contributed by atoms with Crippen molar-refractivity contribution in [1.29, 1.82) is 0 Å². The second-order valence-corrected chi connectivity index (χ2v) is 6.22. The van der Waals surface area contributed by atoms with E-state index in [1.807, 2.05) is 37.3 Å². The van der Waals surface area contributed by atoms with Gasteiger partial charge in [0.1, 0.15) is 5.82 Å². The molecule has 0 saturated carbocycles. The summed E-state index contributed by atoms with van der Waals surface area (Å²) in [5.74, 6) is -1.59. The number of esters is 1. The average Bonchev–Trinajstić information content (AvgIpc) is 2.61. The Kier molecular flexibility index (Phi) is 6.89. The van der Waals surface area contributed by atoms with E-state index in [0.717, 1.165) is 11.6 Å². The van der Waals surface area contributed by atoms with Crippen molar-refractivity contribution in [3.8, 4) is 0 Å². The molecular formula is C19H17BrFNO3. The molecular weight excluding hydrogens is 389 g/mol. The van der Waals surface area contributed by atoms with Crippen LogP contribution in [0.3, 0.4) is 0 Å². The number of hydrogen-bond donors (Lipinski definition) is 1. The highest BCUT2D eigenvalue weighted by atomic mass is 79.9. The molecule has 1 N–H and O–H groups in total. The van der Waals surface area contributed by atoms with E-state index in [9.17, 15) is 14.0 Å². The molecule has 0 heterocycles. The van der Waals surface area contributed by atoms with Crippen molar-refractivity contribution in [2.45, 2.75) is 13.0 Å². The zero-order valence-electron chi connectivity index (χ0n) is 13.5. The van der Waals surface area contributed by atoms with Gasteiger partial charge >= 0.3 is 5.97 Å². The van der Waals surface area contributed by atoms with Gasteiger partial charge in [0, 0.05) is 16.1 Å². The van der Waals surface area contributed by atoms with Gasteiger partial charge in [-0.3, -0.25) is 4.79 Å². The van der Waals surface area contributed by atoms with Gasteiger partial charge in [0.05, 0.1) is 6.04 Å². The first kappa shape index (κ1) is 18.9. The molecule has 0 unspecified atom stereocenters. The van der Waals surface area contributed by atoms with Crippen molar-refractivity contribution in [3.05, 3.63) is 76.0 Å². The summed E-state index contributed by atoms with van der Waals surface area (Å²) in [6, 6.07) is 13.6. The van der Waals surface area contributed by atoms with E-state index in [1.165, 1.54) is 18.2 Å². The monoisotopic (exact) mass is 405 g/mol. The number of ether oxygens (including phenoxy) is 1. The third-order valence-corrected chi connectivity index (χ3v) is 3.87. The van der Waals surface area contributed by atoms with Crippen LogP contribution in [0.1, 0.15) is 24.1 Å².